The molecule has 1 aliphatic carbocycles. The van der Waals surface area contributed by atoms with Crippen molar-refractivity contribution in [3.63, 3.8) is 0 Å². The largest absolute Gasteiger partial charge is 0.497 e. The number of methoxy groups -OCH3 is 1. The molecular formula is C12H14FNO. The van der Waals surface area contributed by atoms with Gasteiger partial charge < -0.3 is 10.5 Å². The maximum absolute atomic E-state index is 13.7. The van der Waals surface area contributed by atoms with Crippen LogP contribution >= 0.6 is 0 Å². The summed E-state index contributed by atoms with van der Waals surface area (Å²) in [5.74, 6) is 0.300. The Morgan fingerprint density at radius 2 is 2.27 bits per heavy atom. The van der Waals surface area contributed by atoms with Crippen molar-refractivity contribution in [3.8, 4) is 5.75 Å². The first-order valence-corrected chi connectivity index (χ1v) is 5.01. The predicted molar refractivity (Wildman–Crippen MR) is 58.1 cm³/mol. The van der Waals surface area contributed by atoms with Crippen LogP contribution in [0.2, 0.25) is 0 Å². The minimum Gasteiger partial charge on any atom is -0.497 e. The number of rotatable bonds is 2. The van der Waals surface area contributed by atoms with Crippen LogP contribution in [0.15, 0.2) is 24.3 Å². The Morgan fingerprint density at radius 1 is 1.47 bits per heavy atom. The Bertz CT molecular complexity index is 401. The summed E-state index contributed by atoms with van der Waals surface area (Å²) in [6.45, 7) is 0. The second-order valence-electron chi connectivity index (χ2n) is 3.74. The highest BCUT2D eigenvalue weighted by Gasteiger charge is 2.16. The summed E-state index contributed by atoms with van der Waals surface area (Å²) in [4.78, 5) is 0. The SMILES string of the molecule is COc1ccc(C2=CC(N)CC2)c(F)c1. The molecule has 0 aliphatic heterocycles. The molecule has 0 fully saturated rings. The maximum atomic E-state index is 13.7. The maximum Gasteiger partial charge on any atom is 0.134 e. The summed E-state index contributed by atoms with van der Waals surface area (Å²) in [5.41, 5.74) is 7.39. The first kappa shape index (κ1) is 10.2. The second-order valence-corrected chi connectivity index (χ2v) is 3.74. The molecule has 0 saturated carbocycles. The van der Waals surface area contributed by atoms with Crippen molar-refractivity contribution in [2.24, 2.45) is 5.73 Å². The number of hydrogen-bond donors (Lipinski definition) is 1. The zero-order valence-corrected chi connectivity index (χ0v) is 8.66. The zero-order chi connectivity index (χ0) is 10.8. The number of halogens is 1. The second kappa shape index (κ2) is 4.03. The third-order valence-electron chi connectivity index (χ3n) is 2.68. The van der Waals surface area contributed by atoms with Gasteiger partial charge in [0, 0.05) is 17.7 Å². The Balaban J connectivity index is 2.33. The van der Waals surface area contributed by atoms with E-state index in [1.165, 1.54) is 13.2 Å². The van der Waals surface area contributed by atoms with E-state index in [1.807, 2.05) is 6.08 Å². The van der Waals surface area contributed by atoms with Crippen LogP contribution in [0.5, 0.6) is 5.75 Å². The molecule has 1 unspecified atom stereocenters. The Morgan fingerprint density at radius 3 is 2.80 bits per heavy atom. The van der Waals surface area contributed by atoms with Crippen LogP contribution in [0.1, 0.15) is 18.4 Å². The topological polar surface area (TPSA) is 35.2 Å². The molecule has 80 valence electrons. The van der Waals surface area contributed by atoms with E-state index in [2.05, 4.69) is 0 Å². The lowest BCUT2D eigenvalue weighted by molar-refractivity contribution is 0.411. The van der Waals surface area contributed by atoms with Crippen molar-refractivity contribution in [1.82, 2.24) is 0 Å². The fraction of sp³-hybridized carbons (Fsp3) is 0.333. The molecule has 1 atom stereocenters. The lowest BCUT2D eigenvalue weighted by Gasteiger charge is -2.05. The van der Waals surface area contributed by atoms with E-state index in [-0.39, 0.29) is 11.9 Å². The van der Waals surface area contributed by atoms with Crippen LogP contribution in [0, 0.1) is 5.82 Å². The summed E-state index contributed by atoms with van der Waals surface area (Å²) in [6.07, 6.45) is 3.69. The van der Waals surface area contributed by atoms with E-state index in [0.717, 1.165) is 18.4 Å². The van der Waals surface area contributed by atoms with E-state index >= 15 is 0 Å². The summed E-state index contributed by atoms with van der Waals surface area (Å²) < 4.78 is 18.6. The van der Waals surface area contributed by atoms with E-state index in [0.29, 0.717) is 11.3 Å². The first-order valence-electron chi connectivity index (χ1n) is 5.01. The minimum atomic E-state index is -0.241. The molecule has 0 aromatic heterocycles. The molecule has 2 nitrogen and oxygen atoms in total. The third-order valence-corrected chi connectivity index (χ3v) is 2.68. The van der Waals surface area contributed by atoms with Gasteiger partial charge in [-0.2, -0.15) is 0 Å². The van der Waals surface area contributed by atoms with Crippen molar-refractivity contribution < 1.29 is 9.13 Å². The van der Waals surface area contributed by atoms with Crippen LogP contribution < -0.4 is 10.5 Å². The average Bonchev–Trinajstić information content (AvgIpc) is 2.64. The van der Waals surface area contributed by atoms with E-state index in [4.69, 9.17) is 10.5 Å². The van der Waals surface area contributed by atoms with Crippen molar-refractivity contribution in [3.05, 3.63) is 35.7 Å². The smallest absolute Gasteiger partial charge is 0.134 e. The Hall–Kier alpha value is -1.35. The van der Waals surface area contributed by atoms with Gasteiger partial charge in [0.15, 0.2) is 0 Å². The Labute approximate surface area is 88.5 Å². The van der Waals surface area contributed by atoms with Gasteiger partial charge in [-0.25, -0.2) is 4.39 Å². The van der Waals surface area contributed by atoms with Crippen LogP contribution in [0.4, 0.5) is 4.39 Å². The average molecular weight is 207 g/mol. The minimum absolute atomic E-state index is 0.0708. The fourth-order valence-electron chi connectivity index (χ4n) is 1.85. The van der Waals surface area contributed by atoms with E-state index in [9.17, 15) is 4.39 Å². The molecule has 0 amide bonds. The van der Waals surface area contributed by atoms with Crippen LogP contribution in [0.25, 0.3) is 5.57 Å². The molecule has 15 heavy (non-hydrogen) atoms. The lowest BCUT2D eigenvalue weighted by atomic mass is 10.0. The number of allylic oxidation sites excluding steroid dienone is 1. The van der Waals surface area contributed by atoms with Gasteiger partial charge in [-0.1, -0.05) is 6.08 Å². The number of nitrogens with two attached hydrogens (primary N) is 1. The van der Waals surface area contributed by atoms with E-state index in [1.54, 1.807) is 12.1 Å². The highest BCUT2D eigenvalue weighted by atomic mass is 19.1. The molecule has 3 heteroatoms. The van der Waals surface area contributed by atoms with Crippen LogP contribution in [-0.2, 0) is 0 Å². The summed E-state index contributed by atoms with van der Waals surface area (Å²) in [7, 11) is 1.53. The summed E-state index contributed by atoms with van der Waals surface area (Å²) in [6, 6.07) is 4.99. The summed E-state index contributed by atoms with van der Waals surface area (Å²) >= 11 is 0. The van der Waals surface area contributed by atoms with Crippen LogP contribution in [-0.4, -0.2) is 13.2 Å². The standard InChI is InChI=1S/C12H14FNO/c1-15-10-4-5-11(12(13)7-10)8-2-3-9(14)6-8/h4-7,9H,2-3,14H2,1H3. The van der Waals surface area contributed by atoms with Gasteiger partial charge in [0.05, 0.1) is 7.11 Å². The van der Waals surface area contributed by atoms with Gasteiger partial charge in [-0.15, -0.1) is 0 Å². The highest BCUT2D eigenvalue weighted by molar-refractivity contribution is 5.69. The number of hydrogen-bond acceptors (Lipinski definition) is 2. The van der Waals surface area contributed by atoms with Crippen LogP contribution in [0.3, 0.4) is 0 Å². The van der Waals surface area contributed by atoms with E-state index < -0.39 is 0 Å². The van der Waals surface area contributed by atoms with Crippen molar-refractivity contribution in [2.75, 3.05) is 7.11 Å². The van der Waals surface area contributed by atoms with Gasteiger partial charge in [0.1, 0.15) is 11.6 Å². The highest BCUT2D eigenvalue weighted by Crippen LogP contribution is 2.30. The molecule has 2 rings (SSSR count). The van der Waals surface area contributed by atoms with Gasteiger partial charge in [-0.05, 0) is 30.5 Å². The molecule has 1 aliphatic rings. The quantitative estimate of drug-likeness (QED) is 0.807. The molecule has 2 N–H and O–H groups in total. The predicted octanol–water partition coefficient (Wildman–Crippen LogP) is 2.34. The van der Waals surface area contributed by atoms with Gasteiger partial charge in [0.2, 0.25) is 0 Å². The molecular weight excluding hydrogens is 193 g/mol. The summed E-state index contributed by atoms with van der Waals surface area (Å²) in [5, 5.41) is 0. The molecule has 1 aromatic carbocycles. The van der Waals surface area contributed by atoms with Crippen molar-refractivity contribution >= 4 is 5.57 Å². The molecule has 0 heterocycles. The molecule has 0 radical (unpaired) electrons. The Kier molecular flexibility index (Phi) is 2.73. The third kappa shape index (κ3) is 2.02. The number of benzene rings is 1. The first-order chi connectivity index (χ1) is 7.20. The van der Waals surface area contributed by atoms with Gasteiger partial charge >= 0.3 is 0 Å². The monoisotopic (exact) mass is 207 g/mol. The molecule has 0 spiro atoms. The zero-order valence-electron chi connectivity index (χ0n) is 8.66. The molecule has 0 bridgehead atoms. The normalized spacial score (nSPS) is 20.2. The van der Waals surface area contributed by atoms with Crippen molar-refractivity contribution in [2.45, 2.75) is 18.9 Å². The number of ether oxygens (including phenoxy) is 1. The fourth-order valence-corrected chi connectivity index (χ4v) is 1.85. The molecule has 1 aromatic rings. The molecule has 0 saturated heterocycles. The van der Waals surface area contributed by atoms with Gasteiger partial charge in [-0.3, -0.25) is 0 Å². The lowest BCUT2D eigenvalue weighted by Crippen LogP contribution is -2.11. The van der Waals surface area contributed by atoms with Gasteiger partial charge in [0.25, 0.3) is 0 Å². The van der Waals surface area contributed by atoms with Crippen molar-refractivity contribution in [1.29, 1.82) is 0 Å².